The van der Waals surface area contributed by atoms with Gasteiger partial charge in [-0.15, -0.1) is 0 Å². The number of hydrogen-bond acceptors (Lipinski definition) is 2. The Hall–Kier alpha value is -1.000. The summed E-state index contributed by atoms with van der Waals surface area (Å²) in [5, 5.41) is 1.32. The fourth-order valence-corrected chi connectivity index (χ4v) is 2.23. The van der Waals surface area contributed by atoms with Crippen LogP contribution in [0.1, 0.15) is 5.56 Å². The molecule has 0 radical (unpaired) electrons. The molecule has 0 spiro atoms. The monoisotopic (exact) mass is 331 g/mol. The van der Waals surface area contributed by atoms with E-state index in [9.17, 15) is 0 Å². The van der Waals surface area contributed by atoms with Crippen LogP contribution in [0.2, 0.25) is 15.1 Å². The molecule has 0 atom stereocenters. The highest BCUT2D eigenvalue weighted by atomic mass is 35.5. The summed E-state index contributed by atoms with van der Waals surface area (Å²) in [5.74, 6) is 1.12. The van der Waals surface area contributed by atoms with Gasteiger partial charge in [-0.3, -0.25) is 0 Å². The first-order chi connectivity index (χ1) is 8.97. The Balaban J connectivity index is 2.26. The average molecular weight is 333 g/mol. The molecule has 0 unspecified atom stereocenters. The van der Waals surface area contributed by atoms with Crippen molar-refractivity contribution in [3.05, 3.63) is 57.0 Å². The third-order valence-electron chi connectivity index (χ3n) is 2.33. The lowest BCUT2D eigenvalue weighted by Gasteiger charge is -2.09. The van der Waals surface area contributed by atoms with Crippen molar-refractivity contribution in [1.82, 2.24) is 0 Å². The van der Waals surface area contributed by atoms with Crippen LogP contribution in [-0.4, -0.2) is 4.99 Å². The predicted molar refractivity (Wildman–Crippen MR) is 83.9 cm³/mol. The summed E-state index contributed by atoms with van der Waals surface area (Å²) in [6, 6.07) is 10.1. The fraction of sp³-hybridized carbons (Fsp3) is 0. The second-order valence-electron chi connectivity index (χ2n) is 3.68. The van der Waals surface area contributed by atoms with Crippen LogP contribution in [0, 0.1) is 0 Å². The minimum Gasteiger partial charge on any atom is -0.457 e. The number of benzene rings is 2. The molecule has 0 saturated carbocycles. The Morgan fingerprint density at radius 2 is 1.47 bits per heavy atom. The molecule has 0 fully saturated rings. The standard InChI is InChI=1S/C13H8Cl3NOS/c14-10-4-2-8(6-12(10)16)18-7-1-3-9(13(17)19)11(15)5-7/h1-6H,(H2,17,19). The largest absolute Gasteiger partial charge is 0.457 e. The Kier molecular flexibility index (Phi) is 4.53. The zero-order valence-corrected chi connectivity index (χ0v) is 12.6. The minimum atomic E-state index is 0.242. The number of ether oxygens (including phenoxy) is 1. The molecule has 2 aromatic rings. The second kappa shape index (κ2) is 5.97. The Morgan fingerprint density at radius 3 is 2.00 bits per heavy atom. The molecule has 0 aliphatic heterocycles. The van der Waals surface area contributed by atoms with Crippen molar-refractivity contribution in [3.8, 4) is 11.5 Å². The van der Waals surface area contributed by atoms with Crippen molar-refractivity contribution >= 4 is 52.0 Å². The summed E-state index contributed by atoms with van der Waals surface area (Å²) in [5.41, 5.74) is 6.14. The number of nitrogens with two attached hydrogens (primary N) is 1. The van der Waals surface area contributed by atoms with Crippen LogP contribution in [0.3, 0.4) is 0 Å². The predicted octanol–water partition coefficient (Wildman–Crippen LogP) is 5.07. The van der Waals surface area contributed by atoms with E-state index in [1.807, 2.05) is 0 Å². The molecule has 2 rings (SSSR count). The van der Waals surface area contributed by atoms with Crippen molar-refractivity contribution < 1.29 is 4.74 Å². The summed E-state index contributed by atoms with van der Waals surface area (Å²) in [6.07, 6.45) is 0. The Morgan fingerprint density at radius 1 is 0.895 bits per heavy atom. The van der Waals surface area contributed by atoms with Crippen LogP contribution in [0.15, 0.2) is 36.4 Å². The third-order valence-corrected chi connectivity index (χ3v) is 3.60. The first-order valence-corrected chi connectivity index (χ1v) is 6.74. The van der Waals surface area contributed by atoms with Crippen LogP contribution in [0.25, 0.3) is 0 Å². The van der Waals surface area contributed by atoms with Crippen molar-refractivity contribution in [2.45, 2.75) is 0 Å². The van der Waals surface area contributed by atoms with Crippen molar-refractivity contribution in [2.24, 2.45) is 5.73 Å². The van der Waals surface area contributed by atoms with E-state index in [-0.39, 0.29) is 4.99 Å². The van der Waals surface area contributed by atoms with Crippen LogP contribution < -0.4 is 10.5 Å². The van der Waals surface area contributed by atoms with E-state index >= 15 is 0 Å². The quantitative estimate of drug-likeness (QED) is 0.797. The molecular formula is C13H8Cl3NOS. The summed E-state index contributed by atoms with van der Waals surface area (Å²) in [6.45, 7) is 0. The highest BCUT2D eigenvalue weighted by molar-refractivity contribution is 7.80. The molecular weight excluding hydrogens is 325 g/mol. The summed E-state index contributed by atoms with van der Waals surface area (Å²) < 4.78 is 5.62. The van der Waals surface area contributed by atoms with Crippen molar-refractivity contribution in [2.75, 3.05) is 0 Å². The number of thiocarbonyl (C=S) groups is 1. The molecule has 98 valence electrons. The SMILES string of the molecule is NC(=S)c1ccc(Oc2ccc(Cl)c(Cl)c2)cc1Cl. The van der Waals surface area contributed by atoms with Gasteiger partial charge in [0, 0.05) is 17.7 Å². The normalized spacial score (nSPS) is 10.3. The summed E-state index contributed by atoms with van der Waals surface area (Å²) >= 11 is 22.7. The molecule has 0 heterocycles. The molecule has 0 aliphatic rings. The van der Waals surface area contributed by atoms with E-state index in [1.54, 1.807) is 36.4 Å². The Bertz CT molecular complexity index is 646. The topological polar surface area (TPSA) is 35.2 Å². The highest BCUT2D eigenvalue weighted by Crippen LogP contribution is 2.31. The van der Waals surface area contributed by atoms with Gasteiger partial charge in [0.15, 0.2) is 0 Å². The third kappa shape index (κ3) is 3.51. The first kappa shape index (κ1) is 14.4. The smallest absolute Gasteiger partial charge is 0.129 e. The van der Waals surface area contributed by atoms with Gasteiger partial charge in [-0.2, -0.15) is 0 Å². The maximum absolute atomic E-state index is 6.05. The zero-order valence-electron chi connectivity index (χ0n) is 9.49. The first-order valence-electron chi connectivity index (χ1n) is 5.19. The lowest BCUT2D eigenvalue weighted by molar-refractivity contribution is 0.483. The molecule has 6 heteroatoms. The zero-order chi connectivity index (χ0) is 14.0. The van der Waals surface area contributed by atoms with E-state index in [2.05, 4.69) is 0 Å². The van der Waals surface area contributed by atoms with E-state index < -0.39 is 0 Å². The number of rotatable bonds is 3. The molecule has 2 aromatic carbocycles. The van der Waals surface area contributed by atoms with Crippen LogP contribution in [0.5, 0.6) is 11.5 Å². The van der Waals surface area contributed by atoms with Crippen molar-refractivity contribution in [1.29, 1.82) is 0 Å². The van der Waals surface area contributed by atoms with Gasteiger partial charge in [0.1, 0.15) is 16.5 Å². The molecule has 0 aromatic heterocycles. The van der Waals surface area contributed by atoms with Gasteiger partial charge < -0.3 is 10.5 Å². The molecule has 0 saturated heterocycles. The second-order valence-corrected chi connectivity index (χ2v) is 5.35. The number of halogens is 3. The van der Waals surface area contributed by atoms with Gasteiger partial charge in [-0.05, 0) is 24.3 Å². The van der Waals surface area contributed by atoms with Gasteiger partial charge in [-0.1, -0.05) is 47.0 Å². The van der Waals surface area contributed by atoms with E-state index in [0.29, 0.717) is 32.1 Å². The van der Waals surface area contributed by atoms with E-state index in [4.69, 9.17) is 57.5 Å². The summed E-state index contributed by atoms with van der Waals surface area (Å²) in [4.78, 5) is 0.242. The lowest BCUT2D eigenvalue weighted by atomic mass is 10.2. The maximum atomic E-state index is 6.05. The maximum Gasteiger partial charge on any atom is 0.129 e. The van der Waals surface area contributed by atoms with Crippen LogP contribution in [-0.2, 0) is 0 Å². The Labute approximate surface area is 131 Å². The van der Waals surface area contributed by atoms with Crippen LogP contribution in [0.4, 0.5) is 0 Å². The molecule has 2 N–H and O–H groups in total. The minimum absolute atomic E-state index is 0.242. The van der Waals surface area contributed by atoms with Gasteiger partial charge in [0.05, 0.1) is 15.1 Å². The average Bonchev–Trinajstić information content (AvgIpc) is 2.33. The lowest BCUT2D eigenvalue weighted by Crippen LogP contribution is -2.09. The molecule has 0 bridgehead atoms. The molecule has 2 nitrogen and oxygen atoms in total. The molecule has 19 heavy (non-hydrogen) atoms. The highest BCUT2D eigenvalue weighted by Gasteiger charge is 2.07. The number of hydrogen-bond donors (Lipinski definition) is 1. The molecule has 0 amide bonds. The van der Waals surface area contributed by atoms with Crippen molar-refractivity contribution in [3.63, 3.8) is 0 Å². The van der Waals surface area contributed by atoms with E-state index in [1.165, 1.54) is 0 Å². The summed E-state index contributed by atoms with van der Waals surface area (Å²) in [7, 11) is 0. The van der Waals surface area contributed by atoms with E-state index in [0.717, 1.165) is 0 Å². The van der Waals surface area contributed by atoms with Gasteiger partial charge in [0.25, 0.3) is 0 Å². The van der Waals surface area contributed by atoms with Gasteiger partial charge in [-0.25, -0.2) is 0 Å². The van der Waals surface area contributed by atoms with Crippen LogP contribution >= 0.6 is 47.0 Å². The van der Waals surface area contributed by atoms with Gasteiger partial charge in [0.2, 0.25) is 0 Å². The van der Waals surface area contributed by atoms with Gasteiger partial charge >= 0.3 is 0 Å². The fourth-order valence-electron chi connectivity index (χ4n) is 1.44. The molecule has 0 aliphatic carbocycles.